The highest BCUT2D eigenvalue weighted by Crippen LogP contribution is 2.36. The Labute approximate surface area is 147 Å². The summed E-state index contributed by atoms with van der Waals surface area (Å²) in [5.74, 6) is -0.717. The van der Waals surface area contributed by atoms with Crippen LogP contribution in [0.2, 0.25) is 0 Å². The van der Waals surface area contributed by atoms with Gasteiger partial charge in [-0.1, -0.05) is 11.3 Å². The number of hydrogen-bond acceptors (Lipinski definition) is 7. The molecule has 1 aromatic heterocycles. The monoisotopic (exact) mass is 358 g/mol. The lowest BCUT2D eigenvalue weighted by atomic mass is 9.83. The molecule has 0 amide bonds. The number of aliphatic hydroxyl groups is 1. The van der Waals surface area contributed by atoms with E-state index in [1.54, 1.807) is 32.9 Å². The molecule has 0 bridgehead atoms. The van der Waals surface area contributed by atoms with E-state index in [9.17, 15) is 19.8 Å². The highest BCUT2D eigenvalue weighted by atomic mass is 32.1. The first-order valence-electron chi connectivity index (χ1n) is 7.30. The fourth-order valence-electron chi connectivity index (χ4n) is 2.53. The van der Waals surface area contributed by atoms with E-state index in [1.165, 1.54) is 0 Å². The van der Waals surface area contributed by atoms with Gasteiger partial charge < -0.3 is 14.9 Å². The first-order chi connectivity index (χ1) is 11.8. The molecule has 0 fully saturated rings. The van der Waals surface area contributed by atoms with E-state index in [-0.39, 0.29) is 27.5 Å². The summed E-state index contributed by atoms with van der Waals surface area (Å²) < 4.78 is 5.36. The van der Waals surface area contributed by atoms with Gasteiger partial charge in [-0.25, -0.2) is 4.79 Å². The molecular weight excluding hydrogens is 344 g/mol. The van der Waals surface area contributed by atoms with Crippen LogP contribution in [-0.4, -0.2) is 32.2 Å². The number of ketones is 1. The lowest BCUT2D eigenvalue weighted by Crippen LogP contribution is -2.23. The minimum Gasteiger partial charge on any atom is -0.506 e. The Morgan fingerprint density at radius 2 is 1.84 bits per heavy atom. The van der Waals surface area contributed by atoms with Crippen molar-refractivity contribution in [1.29, 1.82) is 0 Å². The molecule has 0 saturated heterocycles. The summed E-state index contributed by atoms with van der Waals surface area (Å²) in [6, 6.07) is 0. The molecule has 0 aromatic carbocycles. The van der Waals surface area contributed by atoms with Gasteiger partial charge in [0.05, 0.1) is 16.7 Å². The van der Waals surface area contributed by atoms with Gasteiger partial charge in [-0.2, -0.15) is 0 Å². The number of aliphatic carboxylic acids is 1. The SMILES string of the molecule is CC1=CC(=C2C(=O)C(/C=C(\C(=O)O)c3nnc(C)s3)=C2O)C=C(C)O1. The maximum absolute atomic E-state index is 12.4. The maximum atomic E-state index is 12.4. The molecule has 25 heavy (non-hydrogen) atoms. The fourth-order valence-corrected chi connectivity index (χ4v) is 3.22. The Hall–Kier alpha value is -3.00. The zero-order valence-corrected chi connectivity index (χ0v) is 14.5. The van der Waals surface area contributed by atoms with E-state index in [0.29, 0.717) is 22.1 Å². The van der Waals surface area contributed by atoms with Gasteiger partial charge in [0, 0.05) is 0 Å². The number of aromatic nitrogens is 2. The Morgan fingerprint density at radius 3 is 2.32 bits per heavy atom. The quantitative estimate of drug-likeness (QED) is 0.800. The van der Waals surface area contributed by atoms with E-state index in [1.807, 2.05) is 0 Å². The molecule has 1 aromatic rings. The van der Waals surface area contributed by atoms with E-state index in [2.05, 4.69) is 10.2 Å². The summed E-state index contributed by atoms with van der Waals surface area (Å²) in [6.45, 7) is 5.17. The van der Waals surface area contributed by atoms with Gasteiger partial charge in [0.2, 0.25) is 5.78 Å². The van der Waals surface area contributed by atoms with Crippen LogP contribution in [0.5, 0.6) is 0 Å². The van der Waals surface area contributed by atoms with E-state index in [4.69, 9.17) is 4.74 Å². The highest BCUT2D eigenvalue weighted by molar-refractivity contribution is 7.12. The number of Topliss-reactive ketones (excluding diaryl/α,β-unsaturated/α-hetero) is 1. The van der Waals surface area contributed by atoms with Crippen molar-refractivity contribution in [3.63, 3.8) is 0 Å². The molecule has 128 valence electrons. The maximum Gasteiger partial charge on any atom is 0.338 e. The Balaban J connectivity index is 2.07. The number of carboxylic acid groups (broad SMARTS) is 1. The molecule has 2 N–H and O–H groups in total. The van der Waals surface area contributed by atoms with Crippen LogP contribution in [0.25, 0.3) is 5.57 Å². The third kappa shape index (κ3) is 3.03. The summed E-state index contributed by atoms with van der Waals surface area (Å²) in [5.41, 5.74) is 0.433. The van der Waals surface area contributed by atoms with Crippen molar-refractivity contribution < 1.29 is 24.5 Å². The van der Waals surface area contributed by atoms with Gasteiger partial charge in [-0.3, -0.25) is 4.79 Å². The smallest absolute Gasteiger partial charge is 0.338 e. The Bertz CT molecular complexity index is 939. The minimum atomic E-state index is -1.25. The van der Waals surface area contributed by atoms with Gasteiger partial charge in [0.25, 0.3) is 0 Å². The van der Waals surface area contributed by atoms with E-state index in [0.717, 1.165) is 17.4 Å². The largest absolute Gasteiger partial charge is 0.506 e. The molecule has 0 radical (unpaired) electrons. The molecule has 3 rings (SSSR count). The van der Waals surface area contributed by atoms with Crippen LogP contribution < -0.4 is 0 Å². The summed E-state index contributed by atoms with van der Waals surface area (Å²) in [5, 5.41) is 28.0. The standard InChI is InChI=1S/C17H14N2O5S/c1-7-4-10(5-8(2)24-7)13-14(20)11(15(13)21)6-12(17(22)23)16-19-18-9(3)25-16/h4-6,20H,1-3H3,(H,22,23)/b12-6-. The van der Waals surface area contributed by atoms with Crippen LogP contribution >= 0.6 is 11.3 Å². The molecule has 0 saturated carbocycles. The summed E-state index contributed by atoms with van der Waals surface area (Å²) >= 11 is 1.10. The van der Waals surface area contributed by atoms with Crippen molar-refractivity contribution in [3.05, 3.63) is 62.2 Å². The molecular formula is C17H14N2O5S. The van der Waals surface area contributed by atoms with Crippen LogP contribution in [0.4, 0.5) is 0 Å². The summed E-state index contributed by atoms with van der Waals surface area (Å²) in [7, 11) is 0. The number of aryl methyl sites for hydroxylation is 1. The number of carbonyl (C=O) groups is 2. The topological polar surface area (TPSA) is 110 Å². The van der Waals surface area contributed by atoms with Crippen molar-refractivity contribution >= 4 is 28.7 Å². The zero-order chi connectivity index (χ0) is 18.3. The first kappa shape index (κ1) is 16.8. The van der Waals surface area contributed by atoms with E-state index < -0.39 is 11.8 Å². The lowest BCUT2D eigenvalue weighted by Gasteiger charge is -2.23. The van der Waals surface area contributed by atoms with Gasteiger partial charge in [0.1, 0.15) is 22.3 Å². The van der Waals surface area contributed by atoms with E-state index >= 15 is 0 Å². The normalized spacial score (nSPS) is 17.9. The fraction of sp³-hybridized carbons (Fsp3) is 0.176. The average molecular weight is 358 g/mol. The lowest BCUT2D eigenvalue weighted by molar-refractivity contribution is -0.130. The zero-order valence-electron chi connectivity index (χ0n) is 13.7. The van der Waals surface area contributed by atoms with Crippen molar-refractivity contribution in [2.45, 2.75) is 20.8 Å². The number of rotatable bonds is 3. The molecule has 1 aliphatic heterocycles. The Morgan fingerprint density at radius 1 is 1.20 bits per heavy atom. The number of carbonyl (C=O) groups excluding carboxylic acids is 1. The average Bonchev–Trinajstić information content (AvgIpc) is 2.92. The van der Waals surface area contributed by atoms with Crippen LogP contribution in [0.1, 0.15) is 23.9 Å². The van der Waals surface area contributed by atoms with Crippen LogP contribution in [0.15, 0.2) is 52.2 Å². The van der Waals surface area contributed by atoms with Crippen molar-refractivity contribution in [3.8, 4) is 0 Å². The summed E-state index contributed by atoms with van der Waals surface area (Å²) in [6.07, 6.45) is 4.42. The highest BCUT2D eigenvalue weighted by Gasteiger charge is 2.36. The van der Waals surface area contributed by atoms with Crippen molar-refractivity contribution in [1.82, 2.24) is 10.2 Å². The van der Waals surface area contributed by atoms with Crippen molar-refractivity contribution in [2.75, 3.05) is 0 Å². The molecule has 1 aliphatic carbocycles. The number of ether oxygens (including phenoxy) is 1. The van der Waals surface area contributed by atoms with Crippen LogP contribution in [0, 0.1) is 6.92 Å². The van der Waals surface area contributed by atoms with Gasteiger partial charge in [0.15, 0.2) is 5.01 Å². The molecule has 0 unspecified atom stereocenters. The molecule has 0 spiro atoms. The van der Waals surface area contributed by atoms with Crippen LogP contribution in [-0.2, 0) is 14.3 Å². The predicted octanol–water partition coefficient (Wildman–Crippen LogP) is 2.84. The van der Waals surface area contributed by atoms with Gasteiger partial charge >= 0.3 is 5.97 Å². The second-order valence-corrected chi connectivity index (χ2v) is 6.70. The van der Waals surface area contributed by atoms with Crippen LogP contribution in [0.3, 0.4) is 0 Å². The number of carboxylic acids is 1. The predicted molar refractivity (Wildman–Crippen MR) is 90.5 cm³/mol. The number of nitrogens with zero attached hydrogens (tertiary/aromatic N) is 2. The number of allylic oxidation sites excluding steroid dienone is 8. The minimum absolute atomic E-state index is 0.0589. The first-order valence-corrected chi connectivity index (χ1v) is 8.12. The molecule has 2 aliphatic rings. The molecule has 7 nitrogen and oxygen atoms in total. The number of hydrogen-bond donors (Lipinski definition) is 2. The third-order valence-corrected chi connectivity index (χ3v) is 4.44. The second kappa shape index (κ2) is 6.14. The second-order valence-electron chi connectivity index (χ2n) is 5.52. The summed E-state index contributed by atoms with van der Waals surface area (Å²) in [4.78, 5) is 23.9. The molecule has 8 heteroatoms. The van der Waals surface area contributed by atoms with Gasteiger partial charge in [-0.15, -0.1) is 10.2 Å². The molecule has 0 atom stereocenters. The van der Waals surface area contributed by atoms with Crippen molar-refractivity contribution in [2.24, 2.45) is 0 Å². The number of aliphatic hydroxyl groups excluding tert-OH is 1. The third-order valence-electron chi connectivity index (χ3n) is 3.57. The Kier molecular flexibility index (Phi) is 4.13. The molecule has 2 heterocycles. The van der Waals surface area contributed by atoms with Gasteiger partial charge in [-0.05, 0) is 44.6 Å².